The summed E-state index contributed by atoms with van der Waals surface area (Å²) in [6.07, 6.45) is 8.07. The number of nitrogens with zero attached hydrogens (tertiary/aromatic N) is 5. The summed E-state index contributed by atoms with van der Waals surface area (Å²) in [5, 5.41) is 0. The first-order chi connectivity index (χ1) is 15.1. The number of pyridine rings is 2. The van der Waals surface area contributed by atoms with Crippen molar-refractivity contribution in [3.05, 3.63) is 72.4 Å². The topological polar surface area (TPSA) is 54.3 Å². The van der Waals surface area contributed by atoms with Gasteiger partial charge in [0.25, 0.3) is 0 Å². The van der Waals surface area contributed by atoms with Gasteiger partial charge >= 0.3 is 0 Å². The number of amides is 1. The second-order valence-corrected chi connectivity index (χ2v) is 9.04. The molecular formula is C25H29N5O. The molecule has 1 unspecified atom stereocenters. The summed E-state index contributed by atoms with van der Waals surface area (Å²) in [5.74, 6) is 1.73. The van der Waals surface area contributed by atoms with Crippen LogP contribution in [0, 0.1) is 5.92 Å². The van der Waals surface area contributed by atoms with Gasteiger partial charge in [-0.2, -0.15) is 0 Å². The van der Waals surface area contributed by atoms with E-state index >= 15 is 0 Å². The number of fused-ring (bicyclic) bond motifs is 4. The molecule has 1 spiro atoms. The van der Waals surface area contributed by atoms with Gasteiger partial charge in [-0.15, -0.1) is 0 Å². The van der Waals surface area contributed by atoms with Gasteiger partial charge in [0.15, 0.2) is 5.82 Å². The average Bonchev–Trinajstić information content (AvgIpc) is 3.43. The zero-order valence-electron chi connectivity index (χ0n) is 18.2. The molecule has 3 aromatic heterocycles. The van der Waals surface area contributed by atoms with Gasteiger partial charge in [0.2, 0.25) is 5.91 Å². The van der Waals surface area contributed by atoms with Crippen LogP contribution >= 0.6 is 0 Å². The van der Waals surface area contributed by atoms with E-state index in [1.54, 1.807) is 6.20 Å². The summed E-state index contributed by atoms with van der Waals surface area (Å²) < 4.78 is 2.22. The highest BCUT2D eigenvalue weighted by molar-refractivity contribution is 5.79. The molecule has 6 heteroatoms. The third kappa shape index (κ3) is 3.40. The summed E-state index contributed by atoms with van der Waals surface area (Å²) >= 11 is 0. The van der Waals surface area contributed by atoms with Crippen LogP contribution in [0.15, 0.2) is 61.1 Å². The van der Waals surface area contributed by atoms with Crippen LogP contribution in [0.5, 0.6) is 0 Å². The fraction of sp³-hybridized carbons (Fsp3) is 0.400. The number of carbonyl (C=O) groups excluding carboxylic acids is 1. The molecule has 0 aliphatic carbocycles. The third-order valence-electron chi connectivity index (χ3n) is 6.62. The number of rotatable bonds is 5. The Balaban J connectivity index is 1.50. The van der Waals surface area contributed by atoms with Crippen molar-refractivity contribution in [3.8, 4) is 5.82 Å². The van der Waals surface area contributed by atoms with Gasteiger partial charge in [0, 0.05) is 43.9 Å². The summed E-state index contributed by atoms with van der Waals surface area (Å²) in [4.78, 5) is 26.8. The van der Waals surface area contributed by atoms with Crippen LogP contribution in [0.1, 0.15) is 38.1 Å². The third-order valence-corrected chi connectivity index (χ3v) is 6.62. The van der Waals surface area contributed by atoms with Gasteiger partial charge in [-0.25, -0.2) is 4.98 Å². The van der Waals surface area contributed by atoms with E-state index in [9.17, 15) is 4.79 Å². The number of carbonyl (C=O) groups is 1. The van der Waals surface area contributed by atoms with Gasteiger partial charge in [0.05, 0.1) is 17.8 Å². The fourth-order valence-corrected chi connectivity index (χ4v) is 5.03. The first-order valence-electron chi connectivity index (χ1n) is 11.2. The minimum atomic E-state index is -0.228. The number of hydrogen-bond donors (Lipinski definition) is 0. The largest absolute Gasteiger partial charge is 0.355 e. The van der Waals surface area contributed by atoms with Crippen molar-refractivity contribution in [2.75, 3.05) is 24.5 Å². The molecule has 31 heavy (non-hydrogen) atoms. The second-order valence-electron chi connectivity index (χ2n) is 9.04. The first-order valence-corrected chi connectivity index (χ1v) is 11.2. The van der Waals surface area contributed by atoms with Gasteiger partial charge in [0.1, 0.15) is 5.54 Å². The van der Waals surface area contributed by atoms with Gasteiger partial charge in [-0.3, -0.25) is 9.78 Å². The van der Waals surface area contributed by atoms with E-state index in [-0.39, 0.29) is 11.4 Å². The Hall–Kier alpha value is -3.15. The van der Waals surface area contributed by atoms with E-state index in [2.05, 4.69) is 52.7 Å². The lowest BCUT2D eigenvalue weighted by Crippen LogP contribution is -2.53. The van der Waals surface area contributed by atoms with Gasteiger partial charge in [-0.1, -0.05) is 19.9 Å². The minimum absolute atomic E-state index is 0.148. The van der Waals surface area contributed by atoms with Crippen molar-refractivity contribution in [3.63, 3.8) is 0 Å². The molecule has 1 fully saturated rings. The zero-order chi connectivity index (χ0) is 21.4. The summed E-state index contributed by atoms with van der Waals surface area (Å²) in [6, 6.07) is 14.2. The van der Waals surface area contributed by atoms with Crippen LogP contribution in [0.3, 0.4) is 0 Å². The highest BCUT2D eigenvalue weighted by Gasteiger charge is 2.50. The standard InChI is InChI=1S/C25H29N5O/c1-19(2)10-15-30-21-8-5-13-27-24(21)29-14-6-9-22(29)25(30)11-16-28(18-25)23(31)17-20-7-3-4-12-26-20/h3-9,12-14,19H,10-11,15-18H2,1-2H3. The Morgan fingerprint density at radius 1 is 1.10 bits per heavy atom. The van der Waals surface area contributed by atoms with E-state index in [1.807, 2.05) is 35.4 Å². The molecule has 5 rings (SSSR count). The van der Waals surface area contributed by atoms with Gasteiger partial charge < -0.3 is 14.4 Å². The molecule has 2 aliphatic rings. The molecule has 2 aliphatic heterocycles. The predicted octanol–water partition coefficient (Wildman–Crippen LogP) is 3.80. The van der Waals surface area contributed by atoms with Crippen molar-refractivity contribution in [2.45, 2.75) is 38.6 Å². The Bertz CT molecular complexity index is 1080. The van der Waals surface area contributed by atoms with E-state index in [0.29, 0.717) is 18.9 Å². The van der Waals surface area contributed by atoms with Crippen LogP contribution in [-0.4, -0.2) is 45.0 Å². The Labute approximate surface area is 183 Å². The molecule has 1 atom stereocenters. The van der Waals surface area contributed by atoms with Crippen molar-refractivity contribution in [1.29, 1.82) is 0 Å². The van der Waals surface area contributed by atoms with Crippen LogP contribution in [0.2, 0.25) is 0 Å². The molecule has 3 aromatic rings. The Morgan fingerprint density at radius 2 is 1.97 bits per heavy atom. The van der Waals surface area contributed by atoms with Gasteiger partial charge in [-0.05, 0) is 55.2 Å². The molecule has 0 saturated carbocycles. The summed E-state index contributed by atoms with van der Waals surface area (Å²) in [7, 11) is 0. The normalized spacial score (nSPS) is 19.7. The second kappa shape index (κ2) is 7.84. The predicted molar refractivity (Wildman–Crippen MR) is 121 cm³/mol. The lowest BCUT2D eigenvalue weighted by Gasteiger charge is -2.47. The monoisotopic (exact) mass is 415 g/mol. The zero-order valence-corrected chi connectivity index (χ0v) is 18.2. The van der Waals surface area contributed by atoms with E-state index < -0.39 is 0 Å². The Morgan fingerprint density at radius 3 is 2.77 bits per heavy atom. The van der Waals surface area contributed by atoms with Crippen LogP contribution in [0.4, 0.5) is 5.69 Å². The lowest BCUT2D eigenvalue weighted by atomic mass is 9.88. The number of anilines is 1. The molecule has 160 valence electrons. The van der Waals surface area contributed by atoms with Crippen LogP contribution in [-0.2, 0) is 16.8 Å². The summed E-state index contributed by atoms with van der Waals surface area (Å²) in [5.41, 5.74) is 2.99. The maximum atomic E-state index is 13.2. The number of aromatic nitrogens is 3. The molecule has 1 saturated heterocycles. The van der Waals surface area contributed by atoms with Crippen molar-refractivity contribution in [2.24, 2.45) is 5.92 Å². The highest BCUT2D eigenvalue weighted by atomic mass is 16.2. The quantitative estimate of drug-likeness (QED) is 0.636. The van der Waals surface area contributed by atoms with E-state index in [4.69, 9.17) is 4.98 Å². The molecule has 5 heterocycles. The molecule has 0 radical (unpaired) electrons. The van der Waals surface area contributed by atoms with E-state index in [1.165, 1.54) is 5.69 Å². The van der Waals surface area contributed by atoms with E-state index in [0.717, 1.165) is 43.1 Å². The molecular weight excluding hydrogens is 386 g/mol. The smallest absolute Gasteiger partial charge is 0.228 e. The highest BCUT2D eigenvalue weighted by Crippen LogP contribution is 2.47. The van der Waals surface area contributed by atoms with Crippen molar-refractivity contribution >= 4 is 11.6 Å². The molecule has 0 aromatic carbocycles. The van der Waals surface area contributed by atoms with Crippen LogP contribution < -0.4 is 4.90 Å². The molecule has 0 bridgehead atoms. The van der Waals surface area contributed by atoms with Crippen molar-refractivity contribution in [1.82, 2.24) is 19.4 Å². The molecule has 0 N–H and O–H groups in total. The van der Waals surface area contributed by atoms with Crippen molar-refractivity contribution < 1.29 is 4.79 Å². The maximum absolute atomic E-state index is 13.2. The average molecular weight is 416 g/mol. The molecule has 6 nitrogen and oxygen atoms in total. The maximum Gasteiger partial charge on any atom is 0.228 e. The SMILES string of the molecule is CC(C)CCN1c2cccnc2-n2cccc2C12CCN(C(=O)Cc1ccccn1)C2. The molecule has 1 amide bonds. The number of hydrogen-bond acceptors (Lipinski definition) is 4. The first kappa shape index (κ1) is 19.8. The van der Waals surface area contributed by atoms with Crippen LogP contribution in [0.25, 0.3) is 5.82 Å². The fourth-order valence-electron chi connectivity index (χ4n) is 5.03. The summed E-state index contributed by atoms with van der Waals surface area (Å²) in [6.45, 7) is 6.92. The number of likely N-dealkylation sites (tertiary alicyclic amines) is 1. The Kier molecular flexibility index (Phi) is 5.00. The minimum Gasteiger partial charge on any atom is -0.355 e. The lowest BCUT2D eigenvalue weighted by molar-refractivity contribution is -0.129.